The van der Waals surface area contributed by atoms with E-state index in [1.54, 1.807) is 12.1 Å². The lowest BCUT2D eigenvalue weighted by atomic mass is 10.2. The zero-order valence-corrected chi connectivity index (χ0v) is 14.5. The summed E-state index contributed by atoms with van der Waals surface area (Å²) >= 11 is 1.38. The van der Waals surface area contributed by atoms with Crippen molar-refractivity contribution in [3.63, 3.8) is 0 Å². The average molecular weight is 375 g/mol. The van der Waals surface area contributed by atoms with E-state index in [4.69, 9.17) is 4.74 Å². The fourth-order valence-corrected chi connectivity index (χ4v) is 4.69. The third-order valence-corrected chi connectivity index (χ3v) is 6.13. The molecule has 0 aliphatic carbocycles. The van der Waals surface area contributed by atoms with Gasteiger partial charge in [0.1, 0.15) is 5.82 Å². The molecule has 24 heavy (non-hydrogen) atoms. The minimum absolute atomic E-state index is 0.0678. The smallest absolute Gasteiger partial charge is 0.307 e. The van der Waals surface area contributed by atoms with Crippen LogP contribution < -0.4 is 5.32 Å². The molecule has 1 aliphatic rings. The Kier molecular flexibility index (Phi) is 6.61. The van der Waals surface area contributed by atoms with E-state index >= 15 is 0 Å². The number of nitrogens with one attached hydrogen (secondary N) is 1. The molecule has 0 aromatic heterocycles. The molecule has 0 radical (unpaired) electrons. The molecular weight excluding hydrogens is 357 g/mol. The van der Waals surface area contributed by atoms with Gasteiger partial charge in [0.15, 0.2) is 16.4 Å². The van der Waals surface area contributed by atoms with Crippen molar-refractivity contribution in [3.05, 3.63) is 30.1 Å². The third-order valence-electron chi connectivity index (χ3n) is 3.35. The van der Waals surface area contributed by atoms with Crippen molar-refractivity contribution < 1.29 is 27.1 Å². The van der Waals surface area contributed by atoms with Crippen LogP contribution in [-0.4, -0.2) is 50.2 Å². The minimum atomic E-state index is -3.06. The predicted molar refractivity (Wildman–Crippen MR) is 87.9 cm³/mol. The lowest BCUT2D eigenvalue weighted by Gasteiger charge is -2.11. The largest absolute Gasteiger partial charge is 0.456 e. The molecule has 132 valence electrons. The summed E-state index contributed by atoms with van der Waals surface area (Å²) in [5, 5.41) is 2.54. The number of benzene rings is 1. The molecule has 1 aromatic carbocycles. The number of carbonyl (C=O) groups is 2. The second-order valence-corrected chi connectivity index (χ2v) is 8.78. The summed E-state index contributed by atoms with van der Waals surface area (Å²) in [6.07, 6.45) is 0.503. The maximum Gasteiger partial charge on any atom is 0.307 e. The molecule has 0 bridgehead atoms. The summed E-state index contributed by atoms with van der Waals surface area (Å²) in [4.78, 5) is 24.0. The van der Waals surface area contributed by atoms with Crippen molar-refractivity contribution in [1.29, 1.82) is 0 Å². The number of amides is 1. The van der Waals surface area contributed by atoms with Crippen molar-refractivity contribution in [1.82, 2.24) is 5.32 Å². The second kappa shape index (κ2) is 8.48. The highest BCUT2D eigenvalue weighted by atomic mass is 32.2. The summed E-state index contributed by atoms with van der Waals surface area (Å²) in [6, 6.07) is 5.51. The van der Waals surface area contributed by atoms with Gasteiger partial charge in [-0.05, 0) is 30.7 Å². The van der Waals surface area contributed by atoms with Gasteiger partial charge < -0.3 is 10.1 Å². The molecule has 2 rings (SSSR count). The summed E-state index contributed by atoms with van der Waals surface area (Å²) < 4.78 is 40.2. The molecule has 9 heteroatoms. The predicted octanol–water partition coefficient (Wildman–Crippen LogP) is 1.15. The molecule has 1 saturated heterocycles. The van der Waals surface area contributed by atoms with E-state index in [1.165, 1.54) is 23.9 Å². The molecule has 1 aliphatic heterocycles. The van der Waals surface area contributed by atoms with Gasteiger partial charge in [0.05, 0.1) is 17.9 Å². The van der Waals surface area contributed by atoms with Crippen LogP contribution in [0.25, 0.3) is 0 Å². The Bertz CT molecular complexity index is 690. The van der Waals surface area contributed by atoms with Crippen molar-refractivity contribution in [2.24, 2.45) is 0 Å². The summed E-state index contributed by atoms with van der Waals surface area (Å²) in [6.45, 7) is -0.420. The Hall–Kier alpha value is -1.61. The number of rotatable bonds is 7. The van der Waals surface area contributed by atoms with Gasteiger partial charge in [0.2, 0.25) is 0 Å². The monoisotopic (exact) mass is 375 g/mol. The normalized spacial score (nSPS) is 19.0. The lowest BCUT2D eigenvalue weighted by molar-refractivity contribution is -0.148. The van der Waals surface area contributed by atoms with Crippen LogP contribution in [0.5, 0.6) is 0 Å². The van der Waals surface area contributed by atoms with Crippen LogP contribution in [0.15, 0.2) is 29.2 Å². The number of hydrogen-bond acceptors (Lipinski definition) is 6. The van der Waals surface area contributed by atoms with Gasteiger partial charge in [0.25, 0.3) is 5.91 Å². The van der Waals surface area contributed by atoms with Crippen molar-refractivity contribution in [2.75, 3.05) is 23.9 Å². The third kappa shape index (κ3) is 6.48. The minimum Gasteiger partial charge on any atom is -0.456 e. The Labute approximate surface area is 144 Å². The molecule has 0 saturated carbocycles. The average Bonchev–Trinajstić information content (AvgIpc) is 2.86. The zero-order valence-electron chi connectivity index (χ0n) is 12.9. The molecular formula is C15H18FNO5S2. The SMILES string of the molecule is O=C(COC(=O)CCSc1ccc(F)cc1)N[C@@H]1CCS(=O)(=O)C1. The highest BCUT2D eigenvalue weighted by Crippen LogP contribution is 2.19. The zero-order chi connectivity index (χ0) is 17.6. The Morgan fingerprint density at radius 3 is 2.62 bits per heavy atom. The quantitative estimate of drug-likeness (QED) is 0.568. The standard InChI is InChI=1S/C15H18FNO5S2/c16-11-1-3-13(4-2-11)23-7-5-15(19)22-9-14(18)17-12-6-8-24(20,21)10-12/h1-4,12H,5-10H2,(H,17,18)/t12-/m1/s1. The van der Waals surface area contributed by atoms with Crippen LogP contribution in [0, 0.1) is 5.82 Å². The van der Waals surface area contributed by atoms with Crippen LogP contribution in [0.4, 0.5) is 4.39 Å². The summed E-state index contributed by atoms with van der Waals surface area (Å²) in [7, 11) is -3.06. The van der Waals surface area contributed by atoms with E-state index in [9.17, 15) is 22.4 Å². The highest BCUT2D eigenvalue weighted by Gasteiger charge is 2.28. The maximum absolute atomic E-state index is 12.7. The summed E-state index contributed by atoms with van der Waals surface area (Å²) in [5.41, 5.74) is 0. The van der Waals surface area contributed by atoms with Crippen LogP contribution >= 0.6 is 11.8 Å². The Morgan fingerprint density at radius 2 is 2.00 bits per heavy atom. The molecule has 1 heterocycles. The molecule has 1 fully saturated rings. The maximum atomic E-state index is 12.7. The van der Waals surface area contributed by atoms with Crippen molar-refractivity contribution in [3.8, 4) is 0 Å². The van der Waals surface area contributed by atoms with Gasteiger partial charge >= 0.3 is 5.97 Å². The van der Waals surface area contributed by atoms with E-state index in [-0.39, 0.29) is 23.7 Å². The first-order valence-corrected chi connectivity index (χ1v) is 10.2. The van der Waals surface area contributed by atoms with E-state index in [0.29, 0.717) is 12.2 Å². The Balaban J connectivity index is 1.60. The molecule has 0 unspecified atom stereocenters. The molecule has 0 spiro atoms. The molecule has 1 atom stereocenters. The topological polar surface area (TPSA) is 89.5 Å². The highest BCUT2D eigenvalue weighted by molar-refractivity contribution is 7.99. The van der Waals surface area contributed by atoms with Crippen LogP contribution in [-0.2, 0) is 24.2 Å². The van der Waals surface area contributed by atoms with Gasteiger partial charge in [-0.15, -0.1) is 11.8 Å². The van der Waals surface area contributed by atoms with Gasteiger partial charge in [0, 0.05) is 16.7 Å². The van der Waals surface area contributed by atoms with E-state index < -0.39 is 34.4 Å². The van der Waals surface area contributed by atoms with Crippen molar-refractivity contribution in [2.45, 2.75) is 23.8 Å². The first-order valence-electron chi connectivity index (χ1n) is 7.38. The number of halogens is 1. The summed E-state index contributed by atoms with van der Waals surface area (Å²) in [5.74, 6) is -0.887. The lowest BCUT2D eigenvalue weighted by Crippen LogP contribution is -2.38. The van der Waals surface area contributed by atoms with Crippen LogP contribution in [0.3, 0.4) is 0 Å². The molecule has 1 N–H and O–H groups in total. The number of thioether (sulfide) groups is 1. The Morgan fingerprint density at radius 1 is 1.29 bits per heavy atom. The van der Waals surface area contributed by atoms with Gasteiger partial charge in [-0.3, -0.25) is 9.59 Å². The van der Waals surface area contributed by atoms with Crippen molar-refractivity contribution >= 4 is 33.5 Å². The number of esters is 1. The van der Waals surface area contributed by atoms with E-state index in [2.05, 4.69) is 5.32 Å². The fourth-order valence-electron chi connectivity index (χ4n) is 2.18. The van der Waals surface area contributed by atoms with Crippen LogP contribution in [0.1, 0.15) is 12.8 Å². The number of ether oxygens (including phenoxy) is 1. The van der Waals surface area contributed by atoms with E-state index in [0.717, 1.165) is 4.90 Å². The molecule has 1 aromatic rings. The first kappa shape index (κ1) is 18.7. The number of hydrogen-bond donors (Lipinski definition) is 1. The van der Waals surface area contributed by atoms with Crippen LogP contribution in [0.2, 0.25) is 0 Å². The molecule has 6 nitrogen and oxygen atoms in total. The van der Waals surface area contributed by atoms with Gasteiger partial charge in [-0.2, -0.15) is 0 Å². The second-order valence-electron chi connectivity index (χ2n) is 5.38. The first-order chi connectivity index (χ1) is 11.3. The number of sulfone groups is 1. The number of carbonyl (C=O) groups excluding carboxylic acids is 2. The van der Waals surface area contributed by atoms with Gasteiger partial charge in [-0.1, -0.05) is 0 Å². The molecule has 1 amide bonds. The fraction of sp³-hybridized carbons (Fsp3) is 0.467. The van der Waals surface area contributed by atoms with Gasteiger partial charge in [-0.25, -0.2) is 12.8 Å². The van der Waals surface area contributed by atoms with E-state index in [1.807, 2.05) is 0 Å².